The first-order valence-corrected chi connectivity index (χ1v) is 6.61. The van der Waals surface area contributed by atoms with E-state index in [0.717, 1.165) is 0 Å². The Kier molecular flexibility index (Phi) is 4.18. The first kappa shape index (κ1) is 13.7. The maximum absolute atomic E-state index is 12.9. The zero-order valence-corrected chi connectivity index (χ0v) is 11.7. The van der Waals surface area contributed by atoms with Crippen molar-refractivity contribution in [3.63, 3.8) is 0 Å². The Morgan fingerprint density at radius 1 is 1.61 bits per heavy atom. The minimum atomic E-state index is -0.985. The molecule has 0 saturated carbocycles. The fraction of sp³-hybridized carbons (Fsp3) is 0.417. The summed E-state index contributed by atoms with van der Waals surface area (Å²) in [6.45, 7) is 0.869. The average Bonchev–Trinajstić information content (AvgIpc) is 2.74. The first-order chi connectivity index (χ1) is 8.50. The molecule has 0 bridgehead atoms. The van der Waals surface area contributed by atoms with Crippen molar-refractivity contribution in [1.82, 2.24) is 5.32 Å². The highest BCUT2D eigenvalue weighted by atomic mass is 127. The highest BCUT2D eigenvalue weighted by molar-refractivity contribution is 14.1. The van der Waals surface area contributed by atoms with Gasteiger partial charge < -0.3 is 15.2 Å². The number of halogens is 2. The molecule has 6 heteroatoms. The predicted molar refractivity (Wildman–Crippen MR) is 71.8 cm³/mol. The predicted octanol–water partition coefficient (Wildman–Crippen LogP) is 1.31. The van der Waals surface area contributed by atoms with E-state index in [-0.39, 0.29) is 24.9 Å². The standard InChI is InChI=1S/C12H13FINO3/c13-8-1-2-9(10(14)5-8)11(16)15-6-12(17)3-4-18-7-12/h1-2,5,17H,3-4,6-7H2,(H,15,16). The molecule has 1 aromatic carbocycles. The number of hydrogen-bond donors (Lipinski definition) is 2. The molecule has 0 spiro atoms. The van der Waals surface area contributed by atoms with Gasteiger partial charge in [0, 0.05) is 23.1 Å². The van der Waals surface area contributed by atoms with Crippen LogP contribution in [-0.4, -0.2) is 36.4 Å². The minimum absolute atomic E-state index is 0.138. The van der Waals surface area contributed by atoms with Crippen molar-refractivity contribution in [3.8, 4) is 0 Å². The van der Waals surface area contributed by atoms with Crippen molar-refractivity contribution in [1.29, 1.82) is 0 Å². The summed E-state index contributed by atoms with van der Waals surface area (Å²) in [7, 11) is 0. The topological polar surface area (TPSA) is 58.6 Å². The van der Waals surface area contributed by atoms with Gasteiger partial charge in [-0.1, -0.05) is 0 Å². The van der Waals surface area contributed by atoms with E-state index in [2.05, 4.69) is 5.32 Å². The van der Waals surface area contributed by atoms with Crippen LogP contribution in [0.25, 0.3) is 0 Å². The lowest BCUT2D eigenvalue weighted by atomic mass is 10.0. The summed E-state index contributed by atoms with van der Waals surface area (Å²) in [5, 5.41) is 12.6. The molecule has 1 fully saturated rings. The van der Waals surface area contributed by atoms with Gasteiger partial charge in [0.2, 0.25) is 0 Å². The Bertz CT molecular complexity index is 461. The van der Waals surface area contributed by atoms with E-state index < -0.39 is 5.60 Å². The Morgan fingerprint density at radius 2 is 2.39 bits per heavy atom. The lowest BCUT2D eigenvalue weighted by molar-refractivity contribution is 0.0264. The van der Waals surface area contributed by atoms with E-state index in [4.69, 9.17) is 4.74 Å². The highest BCUT2D eigenvalue weighted by Crippen LogP contribution is 2.18. The molecule has 1 aliphatic rings. The normalized spacial score (nSPS) is 23.1. The molecule has 98 valence electrons. The highest BCUT2D eigenvalue weighted by Gasteiger charge is 2.32. The summed E-state index contributed by atoms with van der Waals surface area (Å²) in [5.74, 6) is -0.696. The van der Waals surface area contributed by atoms with Gasteiger partial charge in [0.05, 0.1) is 12.2 Å². The molecule has 1 heterocycles. The second-order valence-corrected chi connectivity index (χ2v) is 5.50. The van der Waals surface area contributed by atoms with E-state index in [1.54, 1.807) is 0 Å². The van der Waals surface area contributed by atoms with Crippen LogP contribution in [0.5, 0.6) is 0 Å². The number of hydrogen-bond acceptors (Lipinski definition) is 3. The van der Waals surface area contributed by atoms with Gasteiger partial charge in [-0.25, -0.2) is 4.39 Å². The third-order valence-corrected chi connectivity index (χ3v) is 3.73. The number of rotatable bonds is 3. The molecule has 2 rings (SSSR count). The van der Waals surface area contributed by atoms with Crippen LogP contribution in [0.15, 0.2) is 18.2 Å². The van der Waals surface area contributed by atoms with Crippen molar-refractivity contribution in [2.24, 2.45) is 0 Å². The van der Waals surface area contributed by atoms with Crippen molar-refractivity contribution < 1.29 is 19.0 Å². The maximum atomic E-state index is 12.9. The van der Waals surface area contributed by atoms with E-state index in [1.807, 2.05) is 22.6 Å². The van der Waals surface area contributed by atoms with E-state index in [1.165, 1.54) is 18.2 Å². The molecule has 4 nitrogen and oxygen atoms in total. The summed E-state index contributed by atoms with van der Waals surface area (Å²) in [6, 6.07) is 3.97. The molecular weight excluding hydrogens is 352 g/mol. The number of carbonyl (C=O) groups excluding carboxylic acids is 1. The Morgan fingerprint density at radius 3 is 3.00 bits per heavy atom. The zero-order chi connectivity index (χ0) is 13.2. The molecule has 18 heavy (non-hydrogen) atoms. The van der Waals surface area contributed by atoms with Crippen molar-refractivity contribution >= 4 is 28.5 Å². The van der Waals surface area contributed by atoms with Crippen molar-refractivity contribution in [3.05, 3.63) is 33.1 Å². The zero-order valence-electron chi connectivity index (χ0n) is 9.58. The van der Waals surface area contributed by atoms with Gasteiger partial charge in [-0.3, -0.25) is 4.79 Å². The Balaban J connectivity index is 1.99. The summed E-state index contributed by atoms with van der Waals surface area (Å²) >= 11 is 1.90. The largest absolute Gasteiger partial charge is 0.386 e. The van der Waals surface area contributed by atoms with E-state index in [9.17, 15) is 14.3 Å². The molecule has 0 aromatic heterocycles. The summed E-state index contributed by atoms with van der Waals surface area (Å²) in [6.07, 6.45) is 0.508. The lowest BCUT2D eigenvalue weighted by Crippen LogP contribution is -2.43. The van der Waals surface area contributed by atoms with Crippen LogP contribution in [0.2, 0.25) is 0 Å². The summed E-state index contributed by atoms with van der Waals surface area (Å²) in [5.41, 5.74) is -0.583. The molecule has 1 unspecified atom stereocenters. The number of nitrogens with one attached hydrogen (secondary N) is 1. The fourth-order valence-electron chi connectivity index (χ4n) is 1.75. The van der Waals surface area contributed by atoms with Gasteiger partial charge in [-0.15, -0.1) is 0 Å². The molecule has 1 atom stereocenters. The molecule has 1 aliphatic heterocycles. The van der Waals surface area contributed by atoms with Gasteiger partial charge in [0.25, 0.3) is 5.91 Å². The lowest BCUT2D eigenvalue weighted by Gasteiger charge is -2.20. The van der Waals surface area contributed by atoms with Crippen LogP contribution in [0, 0.1) is 9.39 Å². The van der Waals surface area contributed by atoms with Gasteiger partial charge >= 0.3 is 0 Å². The molecular formula is C12H13FINO3. The van der Waals surface area contributed by atoms with Crippen LogP contribution in [0.4, 0.5) is 4.39 Å². The maximum Gasteiger partial charge on any atom is 0.252 e. The number of carbonyl (C=O) groups is 1. The molecule has 1 aromatic rings. The van der Waals surface area contributed by atoms with Gasteiger partial charge in [0.15, 0.2) is 0 Å². The Hall–Kier alpha value is -0.730. The Labute approximate surface area is 118 Å². The second-order valence-electron chi connectivity index (χ2n) is 4.33. The van der Waals surface area contributed by atoms with Gasteiger partial charge in [-0.2, -0.15) is 0 Å². The van der Waals surface area contributed by atoms with Crippen molar-refractivity contribution in [2.45, 2.75) is 12.0 Å². The fourth-order valence-corrected chi connectivity index (χ4v) is 2.47. The average molecular weight is 365 g/mol. The van der Waals surface area contributed by atoms with E-state index >= 15 is 0 Å². The van der Waals surface area contributed by atoms with Crippen LogP contribution in [0.3, 0.4) is 0 Å². The monoisotopic (exact) mass is 365 g/mol. The molecule has 1 saturated heterocycles. The number of ether oxygens (including phenoxy) is 1. The summed E-state index contributed by atoms with van der Waals surface area (Å²) in [4.78, 5) is 11.9. The molecule has 2 N–H and O–H groups in total. The third kappa shape index (κ3) is 3.18. The first-order valence-electron chi connectivity index (χ1n) is 5.54. The second kappa shape index (κ2) is 5.50. The van der Waals surface area contributed by atoms with Crippen LogP contribution in [0.1, 0.15) is 16.8 Å². The summed E-state index contributed by atoms with van der Waals surface area (Å²) < 4.78 is 18.5. The van der Waals surface area contributed by atoms with Crippen molar-refractivity contribution in [2.75, 3.05) is 19.8 Å². The number of benzene rings is 1. The third-order valence-electron chi connectivity index (χ3n) is 2.84. The molecule has 0 radical (unpaired) electrons. The quantitative estimate of drug-likeness (QED) is 0.795. The van der Waals surface area contributed by atoms with Crippen LogP contribution in [-0.2, 0) is 4.74 Å². The van der Waals surface area contributed by atoms with Crippen LogP contribution >= 0.6 is 22.6 Å². The number of aliphatic hydroxyl groups is 1. The minimum Gasteiger partial charge on any atom is -0.386 e. The smallest absolute Gasteiger partial charge is 0.252 e. The molecule has 1 amide bonds. The molecule has 0 aliphatic carbocycles. The van der Waals surface area contributed by atoms with Gasteiger partial charge in [-0.05, 0) is 40.8 Å². The van der Waals surface area contributed by atoms with Crippen LogP contribution < -0.4 is 5.32 Å². The van der Waals surface area contributed by atoms with Gasteiger partial charge in [0.1, 0.15) is 11.4 Å². The number of amides is 1. The van der Waals surface area contributed by atoms with E-state index in [0.29, 0.717) is 22.2 Å². The SMILES string of the molecule is O=C(NCC1(O)CCOC1)c1ccc(F)cc1I.